The molecule has 2 nitrogen and oxygen atoms in total. The maximum absolute atomic E-state index is 13.3. The van der Waals surface area contributed by atoms with Gasteiger partial charge in [-0.25, -0.2) is 4.39 Å². The quantitative estimate of drug-likeness (QED) is 0.897. The zero-order valence-electron chi connectivity index (χ0n) is 12.8. The molecule has 114 valence electrons. The van der Waals surface area contributed by atoms with E-state index >= 15 is 0 Å². The van der Waals surface area contributed by atoms with Crippen LogP contribution in [-0.4, -0.2) is 30.1 Å². The lowest BCUT2D eigenvalue weighted by Gasteiger charge is -2.47. The van der Waals surface area contributed by atoms with E-state index in [-0.39, 0.29) is 5.82 Å². The van der Waals surface area contributed by atoms with Crippen LogP contribution in [0.25, 0.3) is 0 Å². The number of hydrogen-bond donors (Lipinski definition) is 1. The Morgan fingerprint density at radius 1 is 1.14 bits per heavy atom. The van der Waals surface area contributed by atoms with Gasteiger partial charge in [-0.05, 0) is 68.8 Å². The molecule has 3 atom stereocenters. The van der Waals surface area contributed by atoms with Gasteiger partial charge in [0.1, 0.15) is 5.82 Å². The molecule has 0 amide bonds. The molecule has 0 spiro atoms. The van der Waals surface area contributed by atoms with Crippen molar-refractivity contribution >= 4 is 0 Å². The predicted octanol–water partition coefficient (Wildman–Crippen LogP) is 3.42. The van der Waals surface area contributed by atoms with Crippen LogP contribution in [0.15, 0.2) is 18.2 Å². The molecule has 21 heavy (non-hydrogen) atoms. The molecule has 3 aliphatic rings. The van der Waals surface area contributed by atoms with Crippen LogP contribution in [0.5, 0.6) is 0 Å². The second-order valence-corrected chi connectivity index (χ2v) is 7.17. The van der Waals surface area contributed by atoms with Gasteiger partial charge in [0, 0.05) is 24.2 Å². The number of nitrogens with one attached hydrogen (secondary N) is 1. The maximum atomic E-state index is 13.3. The van der Waals surface area contributed by atoms with Crippen molar-refractivity contribution in [2.24, 2.45) is 0 Å². The first-order valence-electron chi connectivity index (χ1n) is 8.47. The van der Waals surface area contributed by atoms with Crippen LogP contribution in [0.2, 0.25) is 0 Å². The Bertz CT molecular complexity index is 516. The third-order valence-electron chi connectivity index (χ3n) is 5.96. The number of piperidine rings is 2. The van der Waals surface area contributed by atoms with Crippen molar-refractivity contribution < 1.29 is 4.39 Å². The monoisotopic (exact) mass is 288 g/mol. The third kappa shape index (κ3) is 2.51. The van der Waals surface area contributed by atoms with Crippen molar-refractivity contribution in [3.8, 4) is 0 Å². The minimum atomic E-state index is -0.0942. The van der Waals surface area contributed by atoms with E-state index in [1.165, 1.54) is 43.2 Å². The fourth-order valence-electron chi connectivity index (χ4n) is 4.80. The average molecular weight is 288 g/mol. The second kappa shape index (κ2) is 5.36. The smallest absolute Gasteiger partial charge is 0.123 e. The first kappa shape index (κ1) is 13.7. The van der Waals surface area contributed by atoms with Gasteiger partial charge in [0.2, 0.25) is 0 Å². The van der Waals surface area contributed by atoms with Gasteiger partial charge in [-0.1, -0.05) is 12.5 Å². The van der Waals surface area contributed by atoms with Crippen molar-refractivity contribution in [2.75, 3.05) is 7.05 Å². The summed E-state index contributed by atoms with van der Waals surface area (Å²) in [6, 6.07) is 7.94. The summed E-state index contributed by atoms with van der Waals surface area (Å²) in [4.78, 5) is 2.61. The first-order valence-corrected chi connectivity index (χ1v) is 8.47. The van der Waals surface area contributed by atoms with Crippen LogP contribution in [0.4, 0.5) is 4.39 Å². The molecular weight excluding hydrogens is 263 g/mol. The highest BCUT2D eigenvalue weighted by Crippen LogP contribution is 2.36. The number of halogens is 1. The fraction of sp³-hybridized carbons (Fsp3) is 0.667. The summed E-state index contributed by atoms with van der Waals surface area (Å²) in [5.74, 6) is -0.0942. The van der Waals surface area contributed by atoms with E-state index in [2.05, 4.69) is 17.3 Å². The summed E-state index contributed by atoms with van der Waals surface area (Å²) in [5, 5.41) is 3.89. The lowest BCUT2D eigenvalue weighted by Crippen LogP contribution is -2.54. The lowest BCUT2D eigenvalue weighted by molar-refractivity contribution is 0.0458. The van der Waals surface area contributed by atoms with Crippen molar-refractivity contribution in [1.29, 1.82) is 0 Å². The highest BCUT2D eigenvalue weighted by atomic mass is 19.1. The lowest BCUT2D eigenvalue weighted by atomic mass is 9.82. The van der Waals surface area contributed by atoms with Crippen molar-refractivity contribution in [2.45, 2.75) is 69.1 Å². The molecule has 3 heteroatoms. The molecule has 1 N–H and O–H groups in total. The molecule has 1 aliphatic carbocycles. The predicted molar refractivity (Wildman–Crippen MR) is 82.8 cm³/mol. The van der Waals surface area contributed by atoms with E-state index in [1.54, 1.807) is 12.1 Å². The van der Waals surface area contributed by atoms with Gasteiger partial charge >= 0.3 is 0 Å². The van der Waals surface area contributed by atoms with Crippen LogP contribution in [-0.2, 0) is 6.42 Å². The molecule has 2 aliphatic heterocycles. The largest absolute Gasteiger partial charge is 0.307 e. The van der Waals surface area contributed by atoms with Crippen molar-refractivity contribution in [3.63, 3.8) is 0 Å². The molecule has 2 heterocycles. The molecular formula is C18H25FN2. The van der Waals surface area contributed by atoms with Gasteiger partial charge in [-0.3, -0.25) is 0 Å². The molecule has 1 aromatic carbocycles. The second-order valence-electron chi connectivity index (χ2n) is 7.17. The molecule has 1 aromatic rings. The standard InChI is InChI=1S/C18H25FN2/c1-21-15-3-2-4-16(21)11-14(10-15)20-18-8-5-12-9-13(19)6-7-17(12)18/h6-7,9,14-16,18,20H,2-5,8,10-11H2,1H3. The van der Waals surface area contributed by atoms with E-state index < -0.39 is 0 Å². The Labute approximate surface area is 126 Å². The van der Waals surface area contributed by atoms with E-state index in [9.17, 15) is 4.39 Å². The van der Waals surface area contributed by atoms with Gasteiger partial charge in [0.25, 0.3) is 0 Å². The summed E-state index contributed by atoms with van der Waals surface area (Å²) >= 11 is 0. The van der Waals surface area contributed by atoms with Crippen LogP contribution in [0.3, 0.4) is 0 Å². The highest BCUT2D eigenvalue weighted by molar-refractivity contribution is 5.35. The number of fused-ring (bicyclic) bond motifs is 3. The maximum Gasteiger partial charge on any atom is 0.123 e. The van der Waals surface area contributed by atoms with E-state index in [0.29, 0.717) is 12.1 Å². The molecule has 4 rings (SSSR count). The van der Waals surface area contributed by atoms with Gasteiger partial charge in [-0.15, -0.1) is 0 Å². The average Bonchev–Trinajstić information content (AvgIpc) is 2.82. The van der Waals surface area contributed by atoms with Gasteiger partial charge in [0.15, 0.2) is 0 Å². The van der Waals surface area contributed by atoms with Crippen molar-refractivity contribution in [3.05, 3.63) is 35.1 Å². The van der Waals surface area contributed by atoms with Gasteiger partial charge in [-0.2, -0.15) is 0 Å². The van der Waals surface area contributed by atoms with Crippen LogP contribution in [0, 0.1) is 5.82 Å². The summed E-state index contributed by atoms with van der Waals surface area (Å²) in [7, 11) is 2.30. The zero-order chi connectivity index (χ0) is 14.4. The van der Waals surface area contributed by atoms with E-state index in [4.69, 9.17) is 0 Å². The topological polar surface area (TPSA) is 15.3 Å². The van der Waals surface area contributed by atoms with Crippen molar-refractivity contribution in [1.82, 2.24) is 10.2 Å². The Balaban J connectivity index is 1.46. The first-order chi connectivity index (χ1) is 10.2. The highest BCUT2D eigenvalue weighted by Gasteiger charge is 2.37. The van der Waals surface area contributed by atoms with Crippen LogP contribution < -0.4 is 5.32 Å². The third-order valence-corrected chi connectivity index (χ3v) is 5.96. The Hall–Kier alpha value is -0.930. The van der Waals surface area contributed by atoms with Gasteiger partial charge in [0.05, 0.1) is 0 Å². The zero-order valence-corrected chi connectivity index (χ0v) is 12.8. The van der Waals surface area contributed by atoms with Crippen LogP contribution in [0.1, 0.15) is 55.7 Å². The molecule has 2 bridgehead atoms. The number of rotatable bonds is 2. The molecule has 0 aromatic heterocycles. The Kier molecular flexibility index (Phi) is 3.50. The summed E-state index contributed by atoms with van der Waals surface area (Å²) in [6.45, 7) is 0. The Morgan fingerprint density at radius 2 is 1.90 bits per heavy atom. The molecule has 2 fully saturated rings. The minimum Gasteiger partial charge on any atom is -0.307 e. The summed E-state index contributed by atoms with van der Waals surface area (Å²) < 4.78 is 13.3. The fourth-order valence-corrected chi connectivity index (χ4v) is 4.80. The molecule has 2 saturated heterocycles. The summed E-state index contributed by atoms with van der Waals surface area (Å²) in [6.07, 6.45) is 8.82. The SMILES string of the molecule is CN1C2CCCC1CC(NC1CCc3cc(F)ccc31)C2. The number of nitrogens with zero attached hydrogens (tertiary/aromatic N) is 1. The van der Waals surface area contributed by atoms with Gasteiger partial charge < -0.3 is 10.2 Å². The Morgan fingerprint density at radius 3 is 2.67 bits per heavy atom. The molecule has 3 unspecified atom stereocenters. The molecule has 0 saturated carbocycles. The number of hydrogen-bond acceptors (Lipinski definition) is 2. The minimum absolute atomic E-state index is 0.0942. The van der Waals surface area contributed by atoms with E-state index in [1.807, 2.05) is 6.07 Å². The molecule has 0 radical (unpaired) electrons. The van der Waals surface area contributed by atoms with Crippen LogP contribution >= 0.6 is 0 Å². The number of aryl methyl sites for hydroxylation is 1. The van der Waals surface area contributed by atoms with E-state index in [0.717, 1.165) is 24.9 Å². The normalized spacial score (nSPS) is 35.7. The summed E-state index contributed by atoms with van der Waals surface area (Å²) in [5.41, 5.74) is 2.54. The number of benzene rings is 1.